The van der Waals surface area contributed by atoms with E-state index in [2.05, 4.69) is 5.32 Å². The van der Waals surface area contributed by atoms with Gasteiger partial charge in [-0.15, -0.1) is 0 Å². The maximum absolute atomic E-state index is 12.6. The Kier molecular flexibility index (Phi) is 3.55. The third-order valence-electron chi connectivity index (χ3n) is 2.33. The number of hydrogen-bond donors (Lipinski definition) is 1. The van der Waals surface area contributed by atoms with Gasteiger partial charge in [0.25, 0.3) is 0 Å². The molecule has 0 aromatic rings. The molecule has 1 fully saturated rings. The van der Waals surface area contributed by atoms with Crippen molar-refractivity contribution in [3.05, 3.63) is 23.4 Å². The number of carbonyl (C=O) groups is 1. The zero-order chi connectivity index (χ0) is 11.5. The molecule has 0 radical (unpaired) electrons. The van der Waals surface area contributed by atoms with E-state index >= 15 is 0 Å². The fourth-order valence-electron chi connectivity index (χ4n) is 1.36. The van der Waals surface area contributed by atoms with Gasteiger partial charge >= 0.3 is 6.18 Å². The van der Waals surface area contributed by atoms with Gasteiger partial charge in [0.05, 0.1) is 5.57 Å². The largest absolute Gasteiger partial charge is 0.416 e. The van der Waals surface area contributed by atoms with Gasteiger partial charge in [-0.2, -0.15) is 13.2 Å². The molecule has 0 aromatic carbocycles. The third kappa shape index (κ3) is 3.42. The molecule has 1 aliphatic rings. The van der Waals surface area contributed by atoms with Crippen LogP contribution in [0, 0.1) is 5.92 Å². The Hall–Kier alpha value is -1.26. The summed E-state index contributed by atoms with van der Waals surface area (Å²) < 4.78 is 37.7. The number of hydrogen-bond acceptors (Lipinski definition) is 1. The van der Waals surface area contributed by atoms with Crippen LogP contribution in [-0.2, 0) is 4.79 Å². The summed E-state index contributed by atoms with van der Waals surface area (Å²) in [6.07, 6.45) is -0.477. The average molecular weight is 219 g/mol. The number of alkyl halides is 3. The second kappa shape index (κ2) is 4.51. The van der Waals surface area contributed by atoms with Crippen molar-refractivity contribution in [2.45, 2.75) is 25.9 Å². The van der Waals surface area contributed by atoms with Crippen LogP contribution in [0.1, 0.15) is 19.8 Å². The molecule has 1 amide bonds. The van der Waals surface area contributed by atoms with E-state index in [9.17, 15) is 18.0 Å². The lowest BCUT2D eigenvalue weighted by molar-refractivity contribution is -0.108. The minimum atomic E-state index is -4.35. The molecule has 0 aliphatic heterocycles. The van der Waals surface area contributed by atoms with Gasteiger partial charge in [0.1, 0.15) is 0 Å². The standard InChI is InChI=1S/C10H12F3NO/c1-7(8-2-3-8)9(10(11,12)13)4-5-14-6-15/h4-6,8H,2-3H2,1H3,(H,14,15)/b5-4-,9-7-. The van der Waals surface area contributed by atoms with Crippen molar-refractivity contribution in [1.29, 1.82) is 0 Å². The first-order chi connectivity index (χ1) is 6.96. The molecule has 0 spiro atoms. The van der Waals surface area contributed by atoms with Gasteiger partial charge in [0.2, 0.25) is 6.41 Å². The topological polar surface area (TPSA) is 29.1 Å². The smallest absolute Gasteiger partial charge is 0.335 e. The molecule has 1 aliphatic carbocycles. The Bertz CT molecular complexity index is 300. The lowest BCUT2D eigenvalue weighted by Crippen LogP contribution is -2.13. The van der Waals surface area contributed by atoms with Crippen LogP contribution < -0.4 is 5.32 Å². The molecule has 1 N–H and O–H groups in total. The first-order valence-electron chi connectivity index (χ1n) is 4.61. The Morgan fingerprint density at radius 1 is 1.40 bits per heavy atom. The molecule has 0 atom stereocenters. The average Bonchev–Trinajstić information content (AvgIpc) is 2.92. The molecule has 1 saturated carbocycles. The molecule has 84 valence electrons. The predicted octanol–water partition coefficient (Wildman–Crippen LogP) is 2.53. The molecule has 5 heteroatoms. The zero-order valence-electron chi connectivity index (χ0n) is 8.27. The highest BCUT2D eigenvalue weighted by Gasteiger charge is 2.37. The summed E-state index contributed by atoms with van der Waals surface area (Å²) in [5, 5.41) is 2.07. The number of amides is 1. The number of halogens is 3. The van der Waals surface area contributed by atoms with E-state index in [1.54, 1.807) is 0 Å². The monoisotopic (exact) mass is 219 g/mol. The maximum Gasteiger partial charge on any atom is 0.416 e. The first-order valence-corrected chi connectivity index (χ1v) is 4.61. The lowest BCUT2D eigenvalue weighted by Gasteiger charge is -2.11. The molecule has 2 nitrogen and oxygen atoms in total. The minimum Gasteiger partial charge on any atom is -0.335 e. The van der Waals surface area contributed by atoms with Crippen LogP contribution in [-0.4, -0.2) is 12.6 Å². The summed E-state index contributed by atoms with van der Waals surface area (Å²) in [5.41, 5.74) is -0.300. The number of rotatable bonds is 4. The van der Waals surface area contributed by atoms with Crippen molar-refractivity contribution < 1.29 is 18.0 Å². The quantitative estimate of drug-likeness (QED) is 0.571. The number of nitrogens with one attached hydrogen (secondary N) is 1. The molecule has 0 unspecified atom stereocenters. The molecule has 0 saturated heterocycles. The Labute approximate surface area is 85.8 Å². The second-order valence-corrected chi connectivity index (χ2v) is 3.49. The van der Waals surface area contributed by atoms with Crippen molar-refractivity contribution in [2.24, 2.45) is 5.92 Å². The second-order valence-electron chi connectivity index (χ2n) is 3.49. The van der Waals surface area contributed by atoms with Crippen LogP contribution in [0.5, 0.6) is 0 Å². The van der Waals surface area contributed by atoms with Gasteiger partial charge in [-0.25, -0.2) is 0 Å². The molecular formula is C10H12F3NO. The Morgan fingerprint density at radius 2 is 2.00 bits per heavy atom. The molecular weight excluding hydrogens is 207 g/mol. The van der Waals surface area contributed by atoms with E-state index < -0.39 is 11.7 Å². The zero-order valence-corrected chi connectivity index (χ0v) is 8.27. The lowest BCUT2D eigenvalue weighted by atomic mass is 10.1. The Balaban J connectivity index is 2.87. The number of carbonyl (C=O) groups excluding carboxylic acids is 1. The SMILES string of the molecule is C/C(=C(\C=C/NC=O)C(F)(F)F)C1CC1. The van der Waals surface area contributed by atoms with Crippen LogP contribution in [0.15, 0.2) is 23.4 Å². The van der Waals surface area contributed by atoms with E-state index in [0.29, 0.717) is 12.0 Å². The number of allylic oxidation sites excluding steroid dienone is 3. The first kappa shape index (κ1) is 11.8. The summed E-state index contributed by atoms with van der Waals surface area (Å²) in [6.45, 7) is 1.49. The highest BCUT2D eigenvalue weighted by molar-refractivity contribution is 5.48. The van der Waals surface area contributed by atoms with Gasteiger partial charge in [0.15, 0.2) is 0 Å². The van der Waals surface area contributed by atoms with Crippen LogP contribution >= 0.6 is 0 Å². The van der Waals surface area contributed by atoms with E-state index in [1.807, 2.05) is 0 Å². The summed E-state index contributed by atoms with van der Waals surface area (Å²) in [7, 11) is 0. The summed E-state index contributed by atoms with van der Waals surface area (Å²) in [4.78, 5) is 9.89. The van der Waals surface area contributed by atoms with Crippen LogP contribution in [0.4, 0.5) is 13.2 Å². The summed E-state index contributed by atoms with van der Waals surface area (Å²) >= 11 is 0. The van der Waals surface area contributed by atoms with E-state index in [1.165, 1.54) is 6.92 Å². The predicted molar refractivity (Wildman–Crippen MR) is 49.8 cm³/mol. The highest BCUT2D eigenvalue weighted by Crippen LogP contribution is 2.41. The highest BCUT2D eigenvalue weighted by atomic mass is 19.4. The van der Waals surface area contributed by atoms with Gasteiger partial charge < -0.3 is 5.32 Å². The van der Waals surface area contributed by atoms with Crippen LogP contribution in [0.3, 0.4) is 0 Å². The Morgan fingerprint density at radius 3 is 2.40 bits per heavy atom. The van der Waals surface area contributed by atoms with Gasteiger partial charge in [0, 0.05) is 6.20 Å². The van der Waals surface area contributed by atoms with Crippen molar-refractivity contribution in [1.82, 2.24) is 5.32 Å². The summed E-state index contributed by atoms with van der Waals surface area (Å²) in [6, 6.07) is 0. The molecule has 0 aromatic heterocycles. The van der Waals surface area contributed by atoms with Gasteiger partial charge in [-0.3, -0.25) is 4.79 Å². The van der Waals surface area contributed by atoms with E-state index in [-0.39, 0.29) is 5.92 Å². The van der Waals surface area contributed by atoms with Crippen molar-refractivity contribution >= 4 is 6.41 Å². The third-order valence-corrected chi connectivity index (χ3v) is 2.33. The van der Waals surface area contributed by atoms with Crippen LogP contribution in [0.2, 0.25) is 0 Å². The van der Waals surface area contributed by atoms with Gasteiger partial charge in [-0.05, 0) is 31.8 Å². The fourth-order valence-corrected chi connectivity index (χ4v) is 1.36. The molecule has 15 heavy (non-hydrogen) atoms. The molecule has 0 heterocycles. The fraction of sp³-hybridized carbons (Fsp3) is 0.500. The maximum atomic E-state index is 12.6. The van der Waals surface area contributed by atoms with E-state index in [4.69, 9.17) is 0 Å². The van der Waals surface area contributed by atoms with Crippen molar-refractivity contribution in [3.8, 4) is 0 Å². The molecule has 0 bridgehead atoms. The van der Waals surface area contributed by atoms with Gasteiger partial charge in [-0.1, -0.05) is 5.57 Å². The summed E-state index contributed by atoms with van der Waals surface area (Å²) in [5.74, 6) is 0.0579. The van der Waals surface area contributed by atoms with Crippen molar-refractivity contribution in [2.75, 3.05) is 0 Å². The van der Waals surface area contributed by atoms with Crippen LogP contribution in [0.25, 0.3) is 0 Å². The molecule has 1 rings (SSSR count). The minimum absolute atomic E-state index is 0.0579. The van der Waals surface area contributed by atoms with Crippen molar-refractivity contribution in [3.63, 3.8) is 0 Å². The normalized spacial score (nSPS) is 18.9. The van der Waals surface area contributed by atoms with E-state index in [0.717, 1.165) is 25.1 Å².